The van der Waals surface area contributed by atoms with Crippen molar-refractivity contribution in [1.82, 2.24) is 19.6 Å². The number of nitrogens with one attached hydrogen (secondary N) is 1. The first-order chi connectivity index (χ1) is 10.3. The number of H-pyrrole nitrogens is 1. The zero-order chi connectivity index (χ0) is 14.2. The van der Waals surface area contributed by atoms with E-state index in [1.165, 1.54) is 5.56 Å². The van der Waals surface area contributed by atoms with Gasteiger partial charge in [0.25, 0.3) is 0 Å². The Morgan fingerprint density at radius 2 is 2.05 bits per heavy atom. The number of hydrogen-bond donors (Lipinski definition) is 1. The number of hydrogen-bond acceptors (Lipinski definition) is 3. The summed E-state index contributed by atoms with van der Waals surface area (Å²) >= 11 is 7.67. The number of thioether (sulfide) groups is 1. The summed E-state index contributed by atoms with van der Waals surface area (Å²) in [6, 6.07) is 15.9. The number of aromatic nitrogens is 4. The van der Waals surface area contributed by atoms with Crippen molar-refractivity contribution >= 4 is 40.2 Å². The van der Waals surface area contributed by atoms with E-state index in [2.05, 4.69) is 21.2 Å². The zero-order valence-corrected chi connectivity index (χ0v) is 12.5. The third-order valence-electron chi connectivity index (χ3n) is 3.26. The van der Waals surface area contributed by atoms with Crippen LogP contribution in [0.1, 0.15) is 5.56 Å². The second kappa shape index (κ2) is 5.09. The molecule has 0 saturated carbocycles. The second-order valence-electron chi connectivity index (χ2n) is 4.68. The van der Waals surface area contributed by atoms with Crippen molar-refractivity contribution in [2.45, 2.75) is 10.9 Å². The zero-order valence-electron chi connectivity index (χ0n) is 11.0. The quantitative estimate of drug-likeness (QED) is 0.578. The molecule has 4 aromatic rings. The van der Waals surface area contributed by atoms with E-state index in [9.17, 15) is 0 Å². The molecule has 0 radical (unpaired) electrons. The van der Waals surface area contributed by atoms with Gasteiger partial charge in [-0.25, -0.2) is 10.1 Å². The van der Waals surface area contributed by atoms with Crippen LogP contribution in [0.2, 0.25) is 5.02 Å². The van der Waals surface area contributed by atoms with E-state index >= 15 is 0 Å². The predicted molar refractivity (Wildman–Crippen MR) is 85.9 cm³/mol. The van der Waals surface area contributed by atoms with E-state index in [0.29, 0.717) is 0 Å². The molecule has 4 nitrogen and oxygen atoms in total. The molecule has 0 atom stereocenters. The molecule has 0 amide bonds. The van der Waals surface area contributed by atoms with Gasteiger partial charge in [0.2, 0.25) is 5.78 Å². The number of nitrogens with zero attached hydrogens (tertiary/aromatic N) is 3. The Kier molecular flexibility index (Phi) is 3.09. The molecule has 0 spiro atoms. The molecule has 0 aliphatic carbocycles. The molecule has 6 heteroatoms. The highest BCUT2D eigenvalue weighted by molar-refractivity contribution is 7.98. The topological polar surface area (TPSA) is 46.0 Å². The van der Waals surface area contributed by atoms with Crippen LogP contribution in [-0.4, -0.2) is 19.6 Å². The van der Waals surface area contributed by atoms with E-state index in [1.807, 2.05) is 46.9 Å². The average Bonchev–Trinajstić information content (AvgIpc) is 3.04. The van der Waals surface area contributed by atoms with Gasteiger partial charge in [0, 0.05) is 10.8 Å². The van der Waals surface area contributed by atoms with E-state index < -0.39 is 0 Å². The fourth-order valence-corrected chi connectivity index (χ4v) is 3.43. The summed E-state index contributed by atoms with van der Waals surface area (Å²) < 4.78 is 2.05. The Morgan fingerprint density at radius 1 is 1.14 bits per heavy atom. The van der Waals surface area contributed by atoms with Gasteiger partial charge in [-0.1, -0.05) is 47.6 Å². The minimum absolute atomic E-state index is 0.758. The van der Waals surface area contributed by atoms with Crippen LogP contribution in [0.15, 0.2) is 53.7 Å². The van der Waals surface area contributed by atoms with Crippen LogP contribution >= 0.6 is 23.4 Å². The van der Waals surface area contributed by atoms with Gasteiger partial charge in [0.1, 0.15) is 0 Å². The highest BCUT2D eigenvalue weighted by atomic mass is 35.5. The Balaban J connectivity index is 1.70. The number of benzene rings is 2. The Bertz CT molecular complexity index is 928. The van der Waals surface area contributed by atoms with Gasteiger partial charge in [-0.05, 0) is 29.8 Å². The molecule has 0 aliphatic heterocycles. The maximum absolute atomic E-state index is 6.01. The van der Waals surface area contributed by atoms with Crippen molar-refractivity contribution in [2.24, 2.45) is 0 Å². The maximum Gasteiger partial charge on any atom is 0.231 e. The SMILES string of the molecule is Clc1cccc(CSc2n[nH]c3nc4ccccc4n23)c1. The third kappa shape index (κ3) is 2.28. The molecule has 2 aromatic heterocycles. The molecule has 21 heavy (non-hydrogen) atoms. The molecular formula is C15H11ClN4S. The average molecular weight is 315 g/mol. The molecule has 0 saturated heterocycles. The van der Waals surface area contributed by atoms with Crippen LogP contribution < -0.4 is 0 Å². The molecule has 0 fully saturated rings. The van der Waals surface area contributed by atoms with E-state index in [-0.39, 0.29) is 0 Å². The number of aromatic amines is 1. The molecule has 4 rings (SSSR count). The van der Waals surface area contributed by atoms with Crippen molar-refractivity contribution in [3.63, 3.8) is 0 Å². The third-order valence-corrected chi connectivity index (χ3v) is 4.51. The Labute approximate surface area is 130 Å². The minimum atomic E-state index is 0.758. The molecule has 0 bridgehead atoms. The van der Waals surface area contributed by atoms with Crippen molar-refractivity contribution in [1.29, 1.82) is 0 Å². The number of halogens is 1. The second-order valence-corrected chi connectivity index (χ2v) is 6.06. The Morgan fingerprint density at radius 3 is 2.95 bits per heavy atom. The van der Waals surface area contributed by atoms with Crippen LogP contribution in [-0.2, 0) is 5.75 Å². The highest BCUT2D eigenvalue weighted by Crippen LogP contribution is 2.26. The van der Waals surface area contributed by atoms with Gasteiger partial charge in [-0.15, -0.1) is 5.10 Å². The minimum Gasteiger partial charge on any atom is -0.254 e. The normalized spacial score (nSPS) is 11.5. The summed E-state index contributed by atoms with van der Waals surface area (Å²) in [7, 11) is 0. The maximum atomic E-state index is 6.01. The monoisotopic (exact) mass is 314 g/mol. The lowest BCUT2D eigenvalue weighted by Crippen LogP contribution is -1.87. The molecule has 104 valence electrons. The van der Waals surface area contributed by atoms with Crippen LogP contribution in [0, 0.1) is 0 Å². The smallest absolute Gasteiger partial charge is 0.231 e. The molecule has 2 heterocycles. The van der Waals surface area contributed by atoms with Crippen molar-refractivity contribution in [2.75, 3.05) is 0 Å². The van der Waals surface area contributed by atoms with Crippen LogP contribution in [0.5, 0.6) is 0 Å². The summed E-state index contributed by atoms with van der Waals surface area (Å²) in [5.74, 6) is 1.58. The lowest BCUT2D eigenvalue weighted by Gasteiger charge is -2.01. The first-order valence-electron chi connectivity index (χ1n) is 6.50. The molecule has 2 aromatic carbocycles. The van der Waals surface area contributed by atoms with Crippen molar-refractivity contribution in [3.8, 4) is 0 Å². The van der Waals surface area contributed by atoms with Crippen molar-refractivity contribution in [3.05, 3.63) is 59.1 Å². The summed E-state index contributed by atoms with van der Waals surface area (Å²) in [5.41, 5.74) is 3.21. The van der Waals surface area contributed by atoms with E-state index in [4.69, 9.17) is 11.6 Å². The number of para-hydroxylation sites is 2. The first kappa shape index (κ1) is 12.7. The first-order valence-corrected chi connectivity index (χ1v) is 7.86. The largest absolute Gasteiger partial charge is 0.254 e. The summed E-state index contributed by atoms with van der Waals surface area (Å²) in [5, 5.41) is 8.99. The van der Waals surface area contributed by atoms with Gasteiger partial charge in [0.15, 0.2) is 5.16 Å². The van der Waals surface area contributed by atoms with Crippen LogP contribution in [0.25, 0.3) is 16.8 Å². The summed E-state index contributed by atoms with van der Waals surface area (Å²) in [6.45, 7) is 0. The van der Waals surface area contributed by atoms with Crippen LogP contribution in [0.4, 0.5) is 0 Å². The predicted octanol–water partition coefficient (Wildman–Crippen LogP) is 4.16. The van der Waals surface area contributed by atoms with Gasteiger partial charge in [-0.2, -0.15) is 0 Å². The van der Waals surface area contributed by atoms with Crippen molar-refractivity contribution < 1.29 is 0 Å². The summed E-state index contributed by atoms with van der Waals surface area (Å²) in [6.07, 6.45) is 0. The van der Waals surface area contributed by atoms with Gasteiger partial charge in [0.05, 0.1) is 11.0 Å². The molecular weight excluding hydrogens is 304 g/mol. The van der Waals surface area contributed by atoms with E-state index in [0.717, 1.165) is 32.7 Å². The molecule has 0 aliphatic rings. The number of imidazole rings is 1. The molecule has 1 N–H and O–H groups in total. The fraction of sp³-hybridized carbons (Fsp3) is 0.0667. The summed E-state index contributed by atoms with van der Waals surface area (Å²) in [4.78, 5) is 4.52. The van der Waals surface area contributed by atoms with Gasteiger partial charge in [-0.3, -0.25) is 4.40 Å². The Hall–Kier alpha value is -1.98. The standard InChI is InChI=1S/C15H11ClN4S/c16-11-5-3-4-10(8-11)9-21-15-19-18-14-17-12-6-1-2-7-13(12)20(14)15/h1-8H,9H2,(H,17,18). The molecule has 0 unspecified atom stereocenters. The highest BCUT2D eigenvalue weighted by Gasteiger charge is 2.11. The van der Waals surface area contributed by atoms with Gasteiger partial charge >= 0.3 is 0 Å². The van der Waals surface area contributed by atoms with Gasteiger partial charge < -0.3 is 0 Å². The van der Waals surface area contributed by atoms with Crippen LogP contribution in [0.3, 0.4) is 0 Å². The lowest BCUT2D eigenvalue weighted by molar-refractivity contribution is 0.940. The fourth-order valence-electron chi connectivity index (χ4n) is 2.31. The lowest BCUT2D eigenvalue weighted by atomic mass is 10.2. The number of rotatable bonds is 3. The van der Waals surface area contributed by atoms with E-state index in [1.54, 1.807) is 11.8 Å². The number of fused-ring (bicyclic) bond motifs is 3.